The zero-order valence-electron chi connectivity index (χ0n) is 10.4. The van der Waals surface area contributed by atoms with Gasteiger partial charge in [0, 0.05) is 11.9 Å². The van der Waals surface area contributed by atoms with Gasteiger partial charge in [0.05, 0.1) is 10.7 Å². The highest BCUT2D eigenvalue weighted by Gasteiger charge is 2.24. The summed E-state index contributed by atoms with van der Waals surface area (Å²) in [5.74, 6) is 0.644. The van der Waals surface area contributed by atoms with Gasteiger partial charge in [0.15, 0.2) is 5.82 Å². The molecular formula is C14H12ClN3O. The second-order valence-corrected chi connectivity index (χ2v) is 4.93. The van der Waals surface area contributed by atoms with Gasteiger partial charge in [-0.15, -0.1) is 0 Å². The summed E-state index contributed by atoms with van der Waals surface area (Å²) < 4.78 is 0. The summed E-state index contributed by atoms with van der Waals surface area (Å²) in [7, 11) is 0. The van der Waals surface area contributed by atoms with Gasteiger partial charge in [-0.3, -0.25) is 4.79 Å². The minimum absolute atomic E-state index is 0.0721. The molecule has 0 radical (unpaired) electrons. The van der Waals surface area contributed by atoms with Crippen molar-refractivity contribution in [1.29, 1.82) is 0 Å². The average molecular weight is 274 g/mol. The number of rotatable bonds is 1. The number of pyridine rings is 1. The van der Waals surface area contributed by atoms with Crippen LogP contribution in [0.1, 0.15) is 5.56 Å². The molecule has 0 saturated carbocycles. The fourth-order valence-electron chi connectivity index (χ4n) is 2.09. The summed E-state index contributed by atoms with van der Waals surface area (Å²) in [5.41, 5.74) is 2.76. The SMILES string of the molecule is Cc1ccc(N2CC(=O)Nc3cc(Cl)cnc32)cc1. The molecule has 1 aromatic heterocycles. The molecule has 1 N–H and O–H groups in total. The van der Waals surface area contributed by atoms with Crippen LogP contribution in [0, 0.1) is 6.92 Å². The van der Waals surface area contributed by atoms with E-state index >= 15 is 0 Å². The highest BCUT2D eigenvalue weighted by atomic mass is 35.5. The van der Waals surface area contributed by atoms with E-state index in [0.717, 1.165) is 5.69 Å². The van der Waals surface area contributed by atoms with Crippen molar-refractivity contribution in [3.8, 4) is 0 Å². The number of aromatic nitrogens is 1. The van der Waals surface area contributed by atoms with Crippen molar-refractivity contribution < 1.29 is 4.79 Å². The van der Waals surface area contributed by atoms with Crippen molar-refractivity contribution in [1.82, 2.24) is 4.98 Å². The maximum atomic E-state index is 11.8. The van der Waals surface area contributed by atoms with Crippen LogP contribution in [-0.2, 0) is 4.79 Å². The first-order valence-corrected chi connectivity index (χ1v) is 6.31. The molecule has 4 nitrogen and oxygen atoms in total. The van der Waals surface area contributed by atoms with Crippen molar-refractivity contribution in [2.75, 3.05) is 16.8 Å². The lowest BCUT2D eigenvalue weighted by Gasteiger charge is -2.29. The van der Waals surface area contributed by atoms with Crippen molar-refractivity contribution in [2.45, 2.75) is 6.92 Å². The molecule has 0 bridgehead atoms. The van der Waals surface area contributed by atoms with Gasteiger partial charge in [-0.25, -0.2) is 4.98 Å². The molecule has 0 atom stereocenters. The van der Waals surface area contributed by atoms with Crippen LogP contribution < -0.4 is 10.2 Å². The largest absolute Gasteiger partial charge is 0.321 e. The van der Waals surface area contributed by atoms with Gasteiger partial charge in [-0.05, 0) is 25.1 Å². The van der Waals surface area contributed by atoms with E-state index in [0.29, 0.717) is 16.5 Å². The molecule has 5 heteroatoms. The highest BCUT2D eigenvalue weighted by Crippen LogP contribution is 2.34. The molecule has 2 aromatic rings. The van der Waals surface area contributed by atoms with Crippen LogP contribution in [0.5, 0.6) is 0 Å². The van der Waals surface area contributed by atoms with Gasteiger partial charge in [-0.2, -0.15) is 0 Å². The van der Waals surface area contributed by atoms with Crippen LogP contribution in [0.25, 0.3) is 0 Å². The number of halogens is 1. The first-order valence-electron chi connectivity index (χ1n) is 5.93. The second-order valence-electron chi connectivity index (χ2n) is 4.49. The van der Waals surface area contributed by atoms with Crippen LogP contribution >= 0.6 is 11.6 Å². The fourth-order valence-corrected chi connectivity index (χ4v) is 2.24. The van der Waals surface area contributed by atoms with Gasteiger partial charge in [0.2, 0.25) is 5.91 Å². The molecule has 0 unspecified atom stereocenters. The molecule has 0 saturated heterocycles. The first-order chi connectivity index (χ1) is 9.13. The van der Waals surface area contributed by atoms with E-state index < -0.39 is 0 Å². The summed E-state index contributed by atoms with van der Waals surface area (Å²) in [6.07, 6.45) is 1.58. The average Bonchev–Trinajstić information content (AvgIpc) is 2.38. The van der Waals surface area contributed by atoms with Gasteiger partial charge >= 0.3 is 0 Å². The van der Waals surface area contributed by atoms with Crippen molar-refractivity contribution in [2.24, 2.45) is 0 Å². The Labute approximate surface area is 116 Å². The summed E-state index contributed by atoms with van der Waals surface area (Å²) in [6.45, 7) is 2.28. The predicted molar refractivity (Wildman–Crippen MR) is 76.1 cm³/mol. The zero-order chi connectivity index (χ0) is 13.4. The molecule has 96 valence electrons. The number of carbonyl (C=O) groups excluding carboxylic acids is 1. The van der Waals surface area contributed by atoms with Crippen LogP contribution in [0.2, 0.25) is 5.02 Å². The van der Waals surface area contributed by atoms with Crippen molar-refractivity contribution in [3.05, 3.63) is 47.1 Å². The lowest BCUT2D eigenvalue weighted by atomic mass is 10.2. The molecule has 0 aliphatic carbocycles. The number of nitrogens with one attached hydrogen (secondary N) is 1. The third kappa shape index (κ3) is 2.27. The van der Waals surface area contributed by atoms with E-state index in [-0.39, 0.29) is 12.5 Å². The standard InChI is InChI=1S/C14H12ClN3O/c1-9-2-4-11(5-3-9)18-8-13(19)17-12-6-10(15)7-16-14(12)18/h2-7H,8H2,1H3,(H,17,19). The normalized spacial score (nSPS) is 14.0. The molecule has 0 spiro atoms. The topological polar surface area (TPSA) is 45.2 Å². The Hall–Kier alpha value is -2.07. The Kier molecular flexibility index (Phi) is 2.87. The van der Waals surface area contributed by atoms with E-state index in [9.17, 15) is 4.79 Å². The predicted octanol–water partition coefficient (Wildman–Crippen LogP) is 3.13. The molecule has 1 aromatic carbocycles. The highest BCUT2D eigenvalue weighted by molar-refractivity contribution is 6.31. The molecule has 0 fully saturated rings. The Morgan fingerprint density at radius 3 is 2.79 bits per heavy atom. The minimum Gasteiger partial charge on any atom is -0.321 e. The third-order valence-electron chi connectivity index (χ3n) is 3.01. The van der Waals surface area contributed by atoms with Crippen molar-refractivity contribution in [3.63, 3.8) is 0 Å². The summed E-state index contributed by atoms with van der Waals surface area (Å²) in [4.78, 5) is 18.0. The van der Waals surface area contributed by atoms with Crippen LogP contribution in [0.15, 0.2) is 36.5 Å². The zero-order valence-corrected chi connectivity index (χ0v) is 11.1. The summed E-state index contributed by atoms with van der Waals surface area (Å²) in [6, 6.07) is 9.69. The summed E-state index contributed by atoms with van der Waals surface area (Å²) >= 11 is 5.91. The van der Waals surface area contributed by atoms with Crippen LogP contribution in [0.4, 0.5) is 17.2 Å². The third-order valence-corrected chi connectivity index (χ3v) is 3.22. The number of amides is 1. The monoisotopic (exact) mass is 273 g/mol. The maximum Gasteiger partial charge on any atom is 0.244 e. The molecule has 2 heterocycles. The second kappa shape index (κ2) is 4.55. The number of fused-ring (bicyclic) bond motifs is 1. The molecular weight excluding hydrogens is 262 g/mol. The minimum atomic E-state index is -0.0721. The number of aryl methyl sites for hydroxylation is 1. The van der Waals surface area contributed by atoms with Gasteiger partial charge in [0.25, 0.3) is 0 Å². The molecule has 19 heavy (non-hydrogen) atoms. The van der Waals surface area contributed by atoms with E-state index in [1.54, 1.807) is 12.3 Å². The quantitative estimate of drug-likeness (QED) is 0.868. The number of nitrogens with zero attached hydrogens (tertiary/aromatic N) is 2. The summed E-state index contributed by atoms with van der Waals surface area (Å²) in [5, 5.41) is 3.29. The van der Waals surface area contributed by atoms with E-state index in [2.05, 4.69) is 10.3 Å². The van der Waals surface area contributed by atoms with Crippen LogP contribution in [-0.4, -0.2) is 17.4 Å². The van der Waals surface area contributed by atoms with Crippen LogP contribution in [0.3, 0.4) is 0 Å². The van der Waals surface area contributed by atoms with E-state index in [1.165, 1.54) is 5.56 Å². The maximum absolute atomic E-state index is 11.8. The van der Waals surface area contributed by atoms with Crippen molar-refractivity contribution >= 4 is 34.7 Å². The first kappa shape index (κ1) is 12.0. The Morgan fingerprint density at radius 2 is 2.05 bits per heavy atom. The lowest BCUT2D eigenvalue weighted by Crippen LogP contribution is -2.35. The Morgan fingerprint density at radius 1 is 1.32 bits per heavy atom. The number of hydrogen-bond donors (Lipinski definition) is 1. The van der Waals surface area contributed by atoms with E-state index in [4.69, 9.17) is 11.6 Å². The Balaban J connectivity index is 2.08. The fraction of sp³-hybridized carbons (Fsp3) is 0.143. The Bertz CT molecular complexity index is 640. The molecule has 1 aliphatic heterocycles. The lowest BCUT2D eigenvalue weighted by molar-refractivity contribution is -0.115. The number of hydrogen-bond acceptors (Lipinski definition) is 3. The number of anilines is 3. The van der Waals surface area contributed by atoms with Gasteiger partial charge in [-0.1, -0.05) is 29.3 Å². The number of benzene rings is 1. The molecule has 3 rings (SSSR count). The smallest absolute Gasteiger partial charge is 0.244 e. The molecule has 1 amide bonds. The van der Waals surface area contributed by atoms with Gasteiger partial charge in [0.1, 0.15) is 6.54 Å². The van der Waals surface area contributed by atoms with Gasteiger partial charge < -0.3 is 10.2 Å². The number of carbonyl (C=O) groups is 1. The molecule has 1 aliphatic rings. The van der Waals surface area contributed by atoms with E-state index in [1.807, 2.05) is 36.1 Å².